The number of hydrogen-bond donors (Lipinski definition) is 1. The average molecular weight is 480 g/mol. The summed E-state index contributed by atoms with van der Waals surface area (Å²) in [6.45, 7) is 3.04. The molecule has 1 amide bonds. The third-order valence-corrected chi connectivity index (χ3v) is 6.46. The zero-order valence-electron chi connectivity index (χ0n) is 18.5. The van der Waals surface area contributed by atoms with Crippen LogP contribution in [0.25, 0.3) is 22.5 Å². The maximum atomic E-state index is 15.0. The predicted molar refractivity (Wildman–Crippen MR) is 128 cm³/mol. The predicted octanol–water partition coefficient (Wildman–Crippen LogP) is 5.43. The number of oxazole rings is 1. The number of carbonyl (C=O) groups excluding carboxylic acids is 1. The quantitative estimate of drug-likeness (QED) is 0.411. The van der Waals surface area contributed by atoms with E-state index in [-0.39, 0.29) is 23.4 Å². The van der Waals surface area contributed by atoms with Crippen LogP contribution in [0.4, 0.5) is 10.4 Å². The number of fused-ring (bicyclic) bond motifs is 1. The summed E-state index contributed by atoms with van der Waals surface area (Å²) in [5.41, 5.74) is 1.64. The lowest BCUT2D eigenvalue weighted by molar-refractivity contribution is 0.0535. The summed E-state index contributed by atoms with van der Waals surface area (Å²) in [7, 11) is 0. The van der Waals surface area contributed by atoms with Crippen molar-refractivity contribution < 1.29 is 13.6 Å². The Morgan fingerprint density at radius 1 is 1.24 bits per heavy atom. The average Bonchev–Trinajstić information content (AvgIpc) is 3.25. The molecule has 0 radical (unpaired) electrons. The van der Waals surface area contributed by atoms with E-state index in [2.05, 4.69) is 27.2 Å². The maximum absolute atomic E-state index is 15.0. The van der Waals surface area contributed by atoms with Crippen LogP contribution < -0.4 is 5.32 Å². The van der Waals surface area contributed by atoms with Crippen LogP contribution in [0, 0.1) is 11.7 Å². The van der Waals surface area contributed by atoms with Gasteiger partial charge in [-0.2, -0.15) is 4.98 Å². The van der Waals surface area contributed by atoms with Gasteiger partial charge in [0.15, 0.2) is 11.4 Å². The Balaban J connectivity index is 1.42. The Bertz CT molecular complexity index is 1330. The summed E-state index contributed by atoms with van der Waals surface area (Å²) in [5.74, 6) is -0.443. The first kappa shape index (κ1) is 22.3. The van der Waals surface area contributed by atoms with Gasteiger partial charge in [-0.1, -0.05) is 30.7 Å². The van der Waals surface area contributed by atoms with Gasteiger partial charge in [-0.05, 0) is 43.0 Å². The molecule has 0 saturated carbocycles. The van der Waals surface area contributed by atoms with Gasteiger partial charge in [-0.25, -0.2) is 14.4 Å². The molecule has 1 aliphatic rings. The zero-order valence-corrected chi connectivity index (χ0v) is 19.3. The van der Waals surface area contributed by atoms with Crippen LogP contribution in [0.1, 0.15) is 30.1 Å². The van der Waals surface area contributed by atoms with Gasteiger partial charge in [0.1, 0.15) is 11.3 Å². The second kappa shape index (κ2) is 9.38. The zero-order chi connectivity index (χ0) is 23.7. The molecular formula is C25H23ClFN5O2. The fourth-order valence-corrected chi connectivity index (χ4v) is 4.65. The number of aromatic nitrogens is 3. The molecule has 9 heteroatoms. The minimum atomic E-state index is -0.587. The lowest BCUT2D eigenvalue weighted by atomic mass is 9.89. The third-order valence-electron chi connectivity index (χ3n) is 6.22. The van der Waals surface area contributed by atoms with E-state index in [9.17, 15) is 4.79 Å². The number of nitrogens with zero attached hydrogens (tertiary/aromatic N) is 4. The Hall–Kier alpha value is -3.52. The molecule has 5 rings (SSSR count). The molecule has 0 aliphatic carbocycles. The van der Waals surface area contributed by atoms with Crippen LogP contribution in [0.5, 0.6) is 0 Å². The molecule has 1 fully saturated rings. The standard InChI is InChI=1S/C25H23ClFN5O2/c1-15-5-3-12-32(20(15)14-30-25-31-19-9-8-16(26)13-21(19)34-25)24(33)22-17(6-2-7-18(22)27)23-28-10-4-11-29-23/h2,4,6-11,13,15,20H,3,5,12,14H2,1H3,(H,30,31)/t15-,20-/m1/s1. The van der Waals surface area contributed by atoms with E-state index in [1.165, 1.54) is 6.07 Å². The molecule has 2 aromatic carbocycles. The van der Waals surface area contributed by atoms with Gasteiger partial charge in [0.25, 0.3) is 11.9 Å². The SMILES string of the molecule is C[C@@H]1CCCN(C(=O)c2c(F)cccc2-c2ncccn2)[C@@H]1CNc1nc2ccc(Cl)cc2o1. The van der Waals surface area contributed by atoms with Crippen molar-refractivity contribution in [1.29, 1.82) is 0 Å². The van der Waals surface area contributed by atoms with E-state index < -0.39 is 5.82 Å². The van der Waals surface area contributed by atoms with E-state index in [1.54, 1.807) is 53.7 Å². The Morgan fingerprint density at radius 3 is 2.88 bits per heavy atom. The summed E-state index contributed by atoms with van der Waals surface area (Å²) >= 11 is 6.04. The summed E-state index contributed by atoms with van der Waals surface area (Å²) in [5, 5.41) is 3.78. The summed E-state index contributed by atoms with van der Waals surface area (Å²) in [6, 6.07) is 11.6. The number of hydrogen-bond acceptors (Lipinski definition) is 6. The van der Waals surface area contributed by atoms with Crippen molar-refractivity contribution in [3.8, 4) is 11.4 Å². The molecule has 0 spiro atoms. The van der Waals surface area contributed by atoms with Crippen molar-refractivity contribution in [2.45, 2.75) is 25.8 Å². The fourth-order valence-electron chi connectivity index (χ4n) is 4.49. The number of anilines is 1. The number of rotatable bonds is 5. The highest BCUT2D eigenvalue weighted by atomic mass is 35.5. The van der Waals surface area contributed by atoms with E-state index in [0.717, 1.165) is 12.8 Å². The molecule has 0 unspecified atom stereocenters. The van der Waals surface area contributed by atoms with Crippen molar-refractivity contribution in [2.75, 3.05) is 18.4 Å². The molecule has 2 atom stereocenters. The number of benzene rings is 2. The first-order valence-electron chi connectivity index (χ1n) is 11.2. The van der Waals surface area contributed by atoms with E-state index in [1.807, 2.05) is 0 Å². The minimum Gasteiger partial charge on any atom is -0.424 e. The van der Waals surface area contributed by atoms with Crippen LogP contribution in [0.15, 0.2) is 59.3 Å². The Labute approximate surface area is 201 Å². The van der Waals surface area contributed by atoms with Gasteiger partial charge in [-0.3, -0.25) is 4.79 Å². The van der Waals surface area contributed by atoms with Crippen molar-refractivity contribution in [2.24, 2.45) is 5.92 Å². The van der Waals surface area contributed by atoms with Gasteiger partial charge in [0, 0.05) is 42.1 Å². The van der Waals surface area contributed by atoms with Crippen LogP contribution in [-0.4, -0.2) is 44.9 Å². The monoisotopic (exact) mass is 479 g/mol. The molecule has 34 heavy (non-hydrogen) atoms. The molecule has 1 N–H and O–H groups in total. The molecule has 3 heterocycles. The van der Waals surface area contributed by atoms with Crippen LogP contribution in [0.3, 0.4) is 0 Å². The molecule has 1 aliphatic heterocycles. The topological polar surface area (TPSA) is 84.2 Å². The highest BCUT2D eigenvalue weighted by molar-refractivity contribution is 6.31. The molecule has 0 bridgehead atoms. The van der Waals surface area contributed by atoms with Crippen LogP contribution in [0.2, 0.25) is 5.02 Å². The number of amides is 1. The van der Waals surface area contributed by atoms with Crippen molar-refractivity contribution in [1.82, 2.24) is 19.9 Å². The molecule has 1 saturated heterocycles. The molecule has 4 aromatic rings. The number of halogens is 2. The van der Waals surface area contributed by atoms with Gasteiger partial charge in [-0.15, -0.1) is 0 Å². The van der Waals surface area contributed by atoms with Crippen LogP contribution in [-0.2, 0) is 0 Å². The third kappa shape index (κ3) is 4.33. The van der Waals surface area contributed by atoms with Gasteiger partial charge >= 0.3 is 0 Å². The molecular weight excluding hydrogens is 457 g/mol. The Morgan fingerprint density at radius 2 is 2.06 bits per heavy atom. The minimum absolute atomic E-state index is 0.00990. The number of nitrogens with one attached hydrogen (secondary N) is 1. The lowest BCUT2D eigenvalue weighted by Gasteiger charge is -2.40. The van der Waals surface area contributed by atoms with E-state index in [4.69, 9.17) is 16.0 Å². The first-order valence-corrected chi connectivity index (χ1v) is 11.6. The smallest absolute Gasteiger partial charge is 0.295 e. The van der Waals surface area contributed by atoms with Crippen molar-refractivity contribution >= 4 is 34.6 Å². The van der Waals surface area contributed by atoms with Gasteiger partial charge < -0.3 is 14.6 Å². The van der Waals surface area contributed by atoms with Crippen LogP contribution >= 0.6 is 11.6 Å². The highest BCUT2D eigenvalue weighted by Crippen LogP contribution is 2.30. The van der Waals surface area contributed by atoms with E-state index >= 15 is 4.39 Å². The number of piperidine rings is 1. The molecule has 7 nitrogen and oxygen atoms in total. The second-order valence-electron chi connectivity index (χ2n) is 8.43. The highest BCUT2D eigenvalue weighted by Gasteiger charge is 2.35. The Kier molecular flexibility index (Phi) is 6.15. The van der Waals surface area contributed by atoms with Gasteiger partial charge in [0.05, 0.1) is 11.6 Å². The summed E-state index contributed by atoms with van der Waals surface area (Å²) in [6.07, 6.45) is 4.96. The number of carbonyl (C=O) groups is 1. The lowest BCUT2D eigenvalue weighted by Crippen LogP contribution is -2.51. The summed E-state index contributed by atoms with van der Waals surface area (Å²) in [4.78, 5) is 28.3. The molecule has 2 aromatic heterocycles. The summed E-state index contributed by atoms with van der Waals surface area (Å²) < 4.78 is 20.8. The van der Waals surface area contributed by atoms with Crippen molar-refractivity contribution in [3.05, 3.63) is 71.3 Å². The maximum Gasteiger partial charge on any atom is 0.295 e. The second-order valence-corrected chi connectivity index (χ2v) is 8.87. The largest absolute Gasteiger partial charge is 0.424 e. The van der Waals surface area contributed by atoms with Crippen molar-refractivity contribution in [3.63, 3.8) is 0 Å². The normalized spacial score (nSPS) is 18.3. The van der Waals surface area contributed by atoms with E-state index in [0.29, 0.717) is 46.6 Å². The fraction of sp³-hybridized carbons (Fsp3) is 0.280. The van der Waals surface area contributed by atoms with Gasteiger partial charge in [0.2, 0.25) is 0 Å². The molecule has 174 valence electrons. The first-order chi connectivity index (χ1) is 16.5. The number of likely N-dealkylation sites (tertiary alicyclic amines) is 1.